The van der Waals surface area contributed by atoms with Gasteiger partial charge in [-0.1, -0.05) is 40.5 Å². The van der Waals surface area contributed by atoms with Crippen molar-refractivity contribution < 1.29 is 9.59 Å². The summed E-state index contributed by atoms with van der Waals surface area (Å²) in [6.45, 7) is 8.18. The van der Waals surface area contributed by atoms with Gasteiger partial charge >= 0.3 is 0 Å². The first-order valence-corrected chi connectivity index (χ1v) is 8.07. The van der Waals surface area contributed by atoms with Crippen molar-refractivity contribution in [1.29, 1.82) is 0 Å². The number of amides is 2. The summed E-state index contributed by atoms with van der Waals surface area (Å²) in [6, 6.07) is 0.386. The molecule has 4 heteroatoms. The molecule has 2 unspecified atom stereocenters. The van der Waals surface area contributed by atoms with E-state index < -0.39 is 0 Å². The van der Waals surface area contributed by atoms with E-state index in [9.17, 15) is 9.59 Å². The summed E-state index contributed by atoms with van der Waals surface area (Å²) in [4.78, 5) is 23.3. The van der Waals surface area contributed by atoms with E-state index in [0.717, 1.165) is 32.1 Å². The molecule has 0 bridgehead atoms. The zero-order valence-corrected chi connectivity index (χ0v) is 13.4. The summed E-state index contributed by atoms with van der Waals surface area (Å²) >= 11 is 0. The highest BCUT2D eigenvalue weighted by molar-refractivity contribution is 5.76. The van der Waals surface area contributed by atoms with Gasteiger partial charge in [0.25, 0.3) is 0 Å². The number of nitrogens with one attached hydrogen (secondary N) is 2. The van der Waals surface area contributed by atoms with Crippen molar-refractivity contribution in [3.05, 3.63) is 0 Å². The average Bonchev–Trinajstić information content (AvgIpc) is 2.46. The van der Waals surface area contributed by atoms with Crippen LogP contribution in [0.1, 0.15) is 72.6 Å². The molecule has 2 amide bonds. The molecule has 2 N–H and O–H groups in total. The molecule has 1 rings (SSSR count). The summed E-state index contributed by atoms with van der Waals surface area (Å²) in [7, 11) is 0. The van der Waals surface area contributed by atoms with Gasteiger partial charge in [-0.2, -0.15) is 0 Å². The summed E-state index contributed by atoms with van der Waals surface area (Å²) in [6.07, 6.45) is 6.16. The van der Waals surface area contributed by atoms with Crippen LogP contribution >= 0.6 is 0 Å². The lowest BCUT2D eigenvalue weighted by Gasteiger charge is -2.44. The van der Waals surface area contributed by atoms with Crippen LogP contribution in [0, 0.1) is 5.41 Å². The quantitative estimate of drug-likeness (QED) is 0.787. The van der Waals surface area contributed by atoms with Crippen LogP contribution in [-0.4, -0.2) is 23.9 Å². The molecule has 1 fully saturated rings. The van der Waals surface area contributed by atoms with Crippen molar-refractivity contribution in [1.82, 2.24) is 10.6 Å². The van der Waals surface area contributed by atoms with Crippen LogP contribution in [0.4, 0.5) is 0 Å². The highest BCUT2D eigenvalue weighted by Crippen LogP contribution is 2.42. The number of hydrogen-bond acceptors (Lipinski definition) is 2. The molecule has 0 heterocycles. The zero-order valence-electron chi connectivity index (χ0n) is 13.4. The van der Waals surface area contributed by atoms with Crippen molar-refractivity contribution in [3.63, 3.8) is 0 Å². The average molecular weight is 282 g/mol. The first-order valence-electron chi connectivity index (χ1n) is 8.07. The largest absolute Gasteiger partial charge is 0.353 e. The highest BCUT2D eigenvalue weighted by atomic mass is 16.2. The summed E-state index contributed by atoms with van der Waals surface area (Å²) in [5, 5.41) is 6.25. The third kappa shape index (κ3) is 4.50. The molecule has 0 saturated heterocycles. The third-order valence-electron chi connectivity index (χ3n) is 4.80. The van der Waals surface area contributed by atoms with E-state index in [2.05, 4.69) is 24.5 Å². The molecule has 1 saturated carbocycles. The van der Waals surface area contributed by atoms with E-state index in [1.165, 1.54) is 0 Å². The van der Waals surface area contributed by atoms with E-state index in [1.54, 1.807) is 0 Å². The van der Waals surface area contributed by atoms with Crippen LogP contribution in [-0.2, 0) is 9.59 Å². The van der Waals surface area contributed by atoms with Crippen LogP contribution in [0.25, 0.3) is 0 Å². The minimum Gasteiger partial charge on any atom is -0.353 e. The second-order valence-corrected chi connectivity index (χ2v) is 6.09. The third-order valence-corrected chi connectivity index (χ3v) is 4.80. The Hall–Kier alpha value is -1.06. The molecule has 0 aliphatic heterocycles. The molecule has 0 aromatic heterocycles. The van der Waals surface area contributed by atoms with Crippen molar-refractivity contribution in [2.45, 2.75) is 84.7 Å². The molecule has 4 nitrogen and oxygen atoms in total. The lowest BCUT2D eigenvalue weighted by Crippen LogP contribution is -2.51. The number of hydrogen-bond donors (Lipinski definition) is 2. The van der Waals surface area contributed by atoms with Gasteiger partial charge in [-0.25, -0.2) is 0 Å². The second kappa shape index (κ2) is 7.65. The number of carbonyl (C=O) groups excluding carboxylic acids is 2. The van der Waals surface area contributed by atoms with Gasteiger partial charge in [0.1, 0.15) is 0 Å². The van der Waals surface area contributed by atoms with Gasteiger partial charge in [0, 0.05) is 24.9 Å². The van der Waals surface area contributed by atoms with Gasteiger partial charge in [-0.05, 0) is 24.7 Å². The van der Waals surface area contributed by atoms with Crippen LogP contribution in [0.2, 0.25) is 0 Å². The van der Waals surface area contributed by atoms with Gasteiger partial charge in [0.15, 0.2) is 0 Å². The van der Waals surface area contributed by atoms with Crippen molar-refractivity contribution in [3.8, 4) is 0 Å². The number of carbonyl (C=O) groups is 2. The van der Waals surface area contributed by atoms with E-state index in [-0.39, 0.29) is 29.3 Å². The van der Waals surface area contributed by atoms with E-state index in [0.29, 0.717) is 12.8 Å². The minimum atomic E-state index is 0.110. The summed E-state index contributed by atoms with van der Waals surface area (Å²) in [5.41, 5.74) is 0.246. The molecule has 20 heavy (non-hydrogen) atoms. The van der Waals surface area contributed by atoms with Gasteiger partial charge in [0.2, 0.25) is 11.8 Å². The van der Waals surface area contributed by atoms with Gasteiger partial charge < -0.3 is 10.6 Å². The Kier molecular flexibility index (Phi) is 6.50. The Morgan fingerprint density at radius 3 is 1.60 bits per heavy atom. The normalized spacial score (nSPS) is 25.0. The first-order chi connectivity index (χ1) is 9.48. The highest BCUT2D eigenvalue weighted by Gasteiger charge is 2.39. The monoisotopic (exact) mass is 282 g/mol. The second-order valence-electron chi connectivity index (χ2n) is 6.09. The Morgan fingerprint density at radius 2 is 1.30 bits per heavy atom. The smallest absolute Gasteiger partial charge is 0.219 e. The van der Waals surface area contributed by atoms with Gasteiger partial charge in [0.05, 0.1) is 0 Å². The predicted molar refractivity (Wildman–Crippen MR) is 81.3 cm³/mol. The maximum Gasteiger partial charge on any atom is 0.219 e. The predicted octanol–water partition coefficient (Wildman–Crippen LogP) is 2.77. The van der Waals surface area contributed by atoms with Crippen molar-refractivity contribution >= 4 is 11.8 Å². The molecular formula is C16H30N2O2. The fourth-order valence-corrected chi connectivity index (χ4v) is 3.35. The Balaban J connectivity index is 2.76. The van der Waals surface area contributed by atoms with E-state index in [4.69, 9.17) is 0 Å². The molecule has 0 aromatic rings. The van der Waals surface area contributed by atoms with Gasteiger partial charge in [-0.15, -0.1) is 0 Å². The van der Waals surface area contributed by atoms with Crippen LogP contribution in [0.5, 0.6) is 0 Å². The number of rotatable bonds is 6. The SMILES string of the molecule is CCC(=O)NC1CC(NC(=O)CC)CC(CC)(CC)C1. The fourth-order valence-electron chi connectivity index (χ4n) is 3.35. The zero-order chi connectivity index (χ0) is 15.2. The van der Waals surface area contributed by atoms with Crippen molar-refractivity contribution in [2.75, 3.05) is 0 Å². The molecule has 116 valence electrons. The Bertz CT molecular complexity index is 309. The molecule has 0 spiro atoms. The van der Waals surface area contributed by atoms with Gasteiger partial charge in [-0.3, -0.25) is 9.59 Å². The molecule has 1 aliphatic rings. The van der Waals surface area contributed by atoms with Crippen LogP contribution in [0.3, 0.4) is 0 Å². The standard InChI is InChI=1S/C16H30N2O2/c1-5-14(19)17-12-9-13(18-15(20)6-2)11-16(7-3,8-4)10-12/h12-13H,5-11H2,1-4H3,(H,17,19)(H,18,20). The first kappa shape index (κ1) is 17.0. The maximum atomic E-state index is 11.7. The Labute approximate surface area is 123 Å². The topological polar surface area (TPSA) is 58.2 Å². The molecule has 2 atom stereocenters. The molecule has 0 radical (unpaired) electrons. The fraction of sp³-hybridized carbons (Fsp3) is 0.875. The molecule has 1 aliphatic carbocycles. The molecule has 0 aromatic carbocycles. The van der Waals surface area contributed by atoms with Crippen molar-refractivity contribution in [2.24, 2.45) is 5.41 Å². The van der Waals surface area contributed by atoms with E-state index in [1.807, 2.05) is 13.8 Å². The van der Waals surface area contributed by atoms with Crippen LogP contribution < -0.4 is 10.6 Å². The molecular weight excluding hydrogens is 252 g/mol. The van der Waals surface area contributed by atoms with E-state index >= 15 is 0 Å². The Morgan fingerprint density at radius 1 is 0.900 bits per heavy atom. The van der Waals surface area contributed by atoms with Crippen LogP contribution in [0.15, 0.2) is 0 Å². The minimum absolute atomic E-state index is 0.110. The summed E-state index contributed by atoms with van der Waals surface area (Å²) in [5.74, 6) is 0.220. The maximum absolute atomic E-state index is 11.7. The lowest BCUT2D eigenvalue weighted by molar-refractivity contribution is -0.122. The summed E-state index contributed by atoms with van der Waals surface area (Å²) < 4.78 is 0. The lowest BCUT2D eigenvalue weighted by atomic mass is 9.67.